The standard InChI is InChI=1S/C44H31N6O.Pt/c1-44(2,3)28-19-21-33(46-26-28)27-24-32-41(31-13-5-8-16-36(31)49-37-17-9-6-14-34(37)47-43(32)49)38(25-27)51-40-22-20-30-29-12-4-7-15-35(29)50(42(30)48-40)39-18-10-11-23-45-39;/h4-24,26H,1-3H3;/q-1;. The van der Waals surface area contributed by atoms with Gasteiger partial charge in [-0.15, -0.1) is 11.6 Å². The molecule has 52 heavy (non-hydrogen) atoms. The van der Waals surface area contributed by atoms with Crippen molar-refractivity contribution in [2.24, 2.45) is 0 Å². The third-order valence-electron chi connectivity index (χ3n) is 9.74. The van der Waals surface area contributed by atoms with Crippen molar-refractivity contribution in [2.75, 3.05) is 0 Å². The van der Waals surface area contributed by atoms with Crippen molar-refractivity contribution < 1.29 is 25.8 Å². The molecule has 10 rings (SSSR count). The van der Waals surface area contributed by atoms with E-state index in [4.69, 9.17) is 19.7 Å². The Kier molecular flexibility index (Phi) is 7.46. The minimum atomic E-state index is -0.0179. The van der Waals surface area contributed by atoms with Crippen LogP contribution >= 0.6 is 0 Å². The Morgan fingerprint density at radius 3 is 2.15 bits per heavy atom. The SMILES string of the molecule is CC(C)(C)c1ccc(-c2[c-]c(Oc3ccc4c5ccccc5n(-c5ccccn5)c4n3)c3c4ccccc4n4c5ccccc5nc4c3c2)nc1.[Pt]. The third-order valence-corrected chi connectivity index (χ3v) is 9.74. The number of benzene rings is 4. The van der Waals surface area contributed by atoms with Gasteiger partial charge in [0.25, 0.3) is 0 Å². The van der Waals surface area contributed by atoms with Crippen molar-refractivity contribution in [1.82, 2.24) is 28.9 Å². The van der Waals surface area contributed by atoms with Gasteiger partial charge < -0.3 is 9.72 Å². The zero-order valence-electron chi connectivity index (χ0n) is 28.6. The fourth-order valence-corrected chi connectivity index (χ4v) is 7.25. The van der Waals surface area contributed by atoms with Gasteiger partial charge in [-0.3, -0.25) is 8.97 Å². The molecule has 0 radical (unpaired) electrons. The van der Waals surface area contributed by atoms with Crippen LogP contribution in [0.25, 0.3) is 77.4 Å². The largest absolute Gasteiger partial charge is 0.458 e. The first-order chi connectivity index (χ1) is 24.9. The van der Waals surface area contributed by atoms with Gasteiger partial charge in [-0.25, -0.2) is 9.97 Å². The Balaban J connectivity index is 0.00000360. The van der Waals surface area contributed by atoms with Crippen LogP contribution in [0.4, 0.5) is 0 Å². The summed E-state index contributed by atoms with van der Waals surface area (Å²) in [6.07, 6.45) is 3.76. The molecule has 0 atom stereocenters. The molecular weight excluding hydrogens is 824 g/mol. The third kappa shape index (κ3) is 4.99. The normalized spacial score (nSPS) is 12.0. The molecular formula is C44H31N6OPt-. The molecule has 8 heteroatoms. The van der Waals surface area contributed by atoms with Crippen molar-refractivity contribution in [2.45, 2.75) is 26.2 Å². The molecule has 0 bridgehead atoms. The number of rotatable bonds is 4. The molecule has 6 heterocycles. The summed E-state index contributed by atoms with van der Waals surface area (Å²) in [6, 6.07) is 44.9. The number of nitrogens with zero attached hydrogens (tertiary/aromatic N) is 6. The zero-order chi connectivity index (χ0) is 34.3. The van der Waals surface area contributed by atoms with E-state index in [9.17, 15) is 0 Å². The first kappa shape index (κ1) is 32.0. The van der Waals surface area contributed by atoms with Crippen LogP contribution < -0.4 is 4.74 Å². The topological polar surface area (TPSA) is 70.1 Å². The van der Waals surface area contributed by atoms with Crippen LogP contribution in [0.3, 0.4) is 0 Å². The predicted octanol–water partition coefficient (Wildman–Crippen LogP) is 10.6. The number of imidazole rings is 1. The van der Waals surface area contributed by atoms with Gasteiger partial charge in [0.05, 0.1) is 22.3 Å². The fraction of sp³-hybridized carbons (Fsp3) is 0.0909. The van der Waals surface area contributed by atoms with Gasteiger partial charge in [0, 0.05) is 55.8 Å². The number of fused-ring (bicyclic) bond motifs is 11. The Morgan fingerprint density at radius 1 is 0.635 bits per heavy atom. The molecule has 0 saturated heterocycles. The molecule has 7 nitrogen and oxygen atoms in total. The van der Waals surface area contributed by atoms with Crippen LogP contribution in [-0.4, -0.2) is 28.9 Å². The van der Waals surface area contributed by atoms with Gasteiger partial charge in [0.15, 0.2) is 5.65 Å². The zero-order valence-corrected chi connectivity index (χ0v) is 30.9. The summed E-state index contributed by atoms with van der Waals surface area (Å²) in [7, 11) is 0. The number of hydrogen-bond acceptors (Lipinski definition) is 5. The summed E-state index contributed by atoms with van der Waals surface area (Å²) < 4.78 is 11.2. The average molecular weight is 855 g/mol. The monoisotopic (exact) mass is 854 g/mol. The van der Waals surface area contributed by atoms with Crippen molar-refractivity contribution >= 4 is 60.3 Å². The van der Waals surface area contributed by atoms with Crippen molar-refractivity contribution in [3.63, 3.8) is 0 Å². The molecule has 0 amide bonds. The van der Waals surface area contributed by atoms with Crippen molar-refractivity contribution in [3.05, 3.63) is 145 Å². The number of hydrogen-bond donors (Lipinski definition) is 0. The van der Waals surface area contributed by atoms with E-state index in [-0.39, 0.29) is 26.5 Å². The molecule has 254 valence electrons. The van der Waals surface area contributed by atoms with Crippen LogP contribution in [-0.2, 0) is 26.5 Å². The fourth-order valence-electron chi connectivity index (χ4n) is 7.25. The van der Waals surface area contributed by atoms with Gasteiger partial charge in [-0.2, -0.15) is 4.98 Å². The molecule has 4 aromatic carbocycles. The van der Waals surface area contributed by atoms with Gasteiger partial charge in [0.2, 0.25) is 5.88 Å². The molecule has 0 N–H and O–H groups in total. The van der Waals surface area contributed by atoms with Gasteiger partial charge in [-0.1, -0.05) is 99.0 Å². The molecule has 10 aromatic rings. The summed E-state index contributed by atoms with van der Waals surface area (Å²) in [5.74, 6) is 1.80. The van der Waals surface area contributed by atoms with Crippen LogP contribution in [0.1, 0.15) is 26.3 Å². The Bertz CT molecular complexity index is 2980. The van der Waals surface area contributed by atoms with Crippen molar-refractivity contribution in [3.8, 4) is 28.7 Å². The number of ether oxygens (including phenoxy) is 1. The van der Waals surface area contributed by atoms with E-state index in [2.05, 4.69) is 126 Å². The summed E-state index contributed by atoms with van der Waals surface area (Å²) in [5.41, 5.74) is 8.40. The Morgan fingerprint density at radius 2 is 1.38 bits per heavy atom. The summed E-state index contributed by atoms with van der Waals surface area (Å²) >= 11 is 0. The predicted molar refractivity (Wildman–Crippen MR) is 205 cm³/mol. The second kappa shape index (κ2) is 12.1. The smallest absolute Gasteiger partial charge is 0.219 e. The molecule has 0 aliphatic carbocycles. The van der Waals surface area contributed by atoms with Crippen molar-refractivity contribution in [1.29, 1.82) is 0 Å². The maximum atomic E-state index is 6.89. The van der Waals surface area contributed by atoms with Crippen LogP contribution in [0.15, 0.2) is 134 Å². The average Bonchev–Trinajstić information content (AvgIpc) is 3.71. The minimum absolute atomic E-state index is 0. The Hall–Kier alpha value is -5.91. The maximum absolute atomic E-state index is 6.89. The first-order valence-electron chi connectivity index (χ1n) is 17.1. The number of pyridine rings is 4. The maximum Gasteiger partial charge on any atom is 0.219 e. The van der Waals surface area contributed by atoms with Crippen LogP contribution in [0.5, 0.6) is 11.6 Å². The molecule has 6 aromatic heterocycles. The van der Waals surface area contributed by atoms with E-state index in [0.29, 0.717) is 11.6 Å². The summed E-state index contributed by atoms with van der Waals surface area (Å²) in [4.78, 5) is 19.9. The second-order valence-electron chi connectivity index (χ2n) is 13.9. The van der Waals surface area contributed by atoms with Gasteiger partial charge >= 0.3 is 0 Å². The van der Waals surface area contributed by atoms with Gasteiger partial charge in [-0.05, 0) is 69.9 Å². The Labute approximate surface area is 313 Å². The molecule has 0 fully saturated rings. The van der Waals surface area contributed by atoms with E-state index in [1.165, 1.54) is 0 Å². The van der Waals surface area contributed by atoms with Crippen LogP contribution in [0.2, 0.25) is 0 Å². The minimum Gasteiger partial charge on any atom is -0.458 e. The van der Waals surface area contributed by atoms with Gasteiger partial charge in [0.1, 0.15) is 11.5 Å². The molecule has 0 spiro atoms. The molecule has 0 saturated carbocycles. The number of aromatic nitrogens is 6. The van der Waals surface area contributed by atoms with E-state index in [0.717, 1.165) is 82.9 Å². The second-order valence-corrected chi connectivity index (χ2v) is 13.9. The van der Waals surface area contributed by atoms with E-state index in [1.807, 2.05) is 42.6 Å². The number of para-hydroxylation sites is 4. The van der Waals surface area contributed by atoms with E-state index < -0.39 is 0 Å². The first-order valence-corrected chi connectivity index (χ1v) is 17.1. The summed E-state index contributed by atoms with van der Waals surface area (Å²) in [5, 5.41) is 5.00. The molecule has 0 aliphatic heterocycles. The molecule has 0 unspecified atom stereocenters. The quantitative estimate of drug-likeness (QED) is 0.130. The molecule has 0 aliphatic rings. The van der Waals surface area contributed by atoms with Crippen LogP contribution in [0, 0.1) is 6.07 Å². The van der Waals surface area contributed by atoms with E-state index in [1.54, 1.807) is 6.20 Å². The summed E-state index contributed by atoms with van der Waals surface area (Å²) in [6.45, 7) is 6.58. The van der Waals surface area contributed by atoms with E-state index >= 15 is 0 Å².